The molecule has 0 amide bonds. The second-order valence-electron chi connectivity index (χ2n) is 4.82. The Hall–Kier alpha value is -2.69. The second kappa shape index (κ2) is 5.75. The quantitative estimate of drug-likeness (QED) is 0.768. The minimum atomic E-state index is 0.610. The van der Waals surface area contributed by atoms with Crippen LogP contribution >= 0.6 is 0 Å². The summed E-state index contributed by atoms with van der Waals surface area (Å²) < 4.78 is 0. The Morgan fingerprint density at radius 1 is 1.10 bits per heavy atom. The molecule has 0 saturated carbocycles. The maximum atomic E-state index is 4.46. The van der Waals surface area contributed by atoms with Crippen molar-refractivity contribution in [3.63, 3.8) is 0 Å². The third-order valence-corrected chi connectivity index (χ3v) is 3.36. The van der Waals surface area contributed by atoms with Crippen LogP contribution in [-0.2, 0) is 6.54 Å². The number of fused-ring (bicyclic) bond motifs is 1. The summed E-state index contributed by atoms with van der Waals surface area (Å²) >= 11 is 0. The molecule has 1 aromatic carbocycles. The van der Waals surface area contributed by atoms with Gasteiger partial charge in [-0.05, 0) is 18.6 Å². The molecule has 3 rings (SSSR count). The highest BCUT2D eigenvalue weighted by molar-refractivity contribution is 5.81. The number of nitrogens with one attached hydrogen (secondary N) is 2. The number of pyridine rings is 1. The van der Waals surface area contributed by atoms with E-state index >= 15 is 0 Å². The Morgan fingerprint density at radius 2 is 1.95 bits per heavy atom. The summed E-state index contributed by atoms with van der Waals surface area (Å²) in [6.07, 6.45) is 3.63. The fourth-order valence-electron chi connectivity index (χ4n) is 2.23. The molecule has 2 aromatic heterocycles. The van der Waals surface area contributed by atoms with Crippen LogP contribution in [0.2, 0.25) is 0 Å². The van der Waals surface area contributed by atoms with E-state index in [1.54, 1.807) is 0 Å². The first kappa shape index (κ1) is 13.3. The minimum absolute atomic E-state index is 0.610. The van der Waals surface area contributed by atoms with Gasteiger partial charge in [-0.15, -0.1) is 0 Å². The molecule has 0 atom stereocenters. The van der Waals surface area contributed by atoms with Gasteiger partial charge in [-0.3, -0.25) is 4.98 Å². The van der Waals surface area contributed by atoms with E-state index in [2.05, 4.69) is 43.8 Å². The van der Waals surface area contributed by atoms with Crippen LogP contribution in [0.3, 0.4) is 0 Å². The van der Waals surface area contributed by atoms with E-state index in [0.717, 1.165) is 27.8 Å². The van der Waals surface area contributed by atoms with E-state index in [4.69, 9.17) is 0 Å². The number of benzene rings is 1. The fourth-order valence-corrected chi connectivity index (χ4v) is 2.23. The van der Waals surface area contributed by atoms with Gasteiger partial charge in [0.05, 0.1) is 5.52 Å². The first-order chi connectivity index (χ1) is 10.3. The Kier molecular flexibility index (Phi) is 3.64. The topological polar surface area (TPSA) is 62.7 Å². The van der Waals surface area contributed by atoms with E-state index in [-0.39, 0.29) is 0 Å². The third-order valence-electron chi connectivity index (χ3n) is 3.36. The van der Waals surface area contributed by atoms with Crippen molar-refractivity contribution in [1.29, 1.82) is 0 Å². The van der Waals surface area contributed by atoms with Gasteiger partial charge in [-0.2, -0.15) is 4.98 Å². The van der Waals surface area contributed by atoms with Gasteiger partial charge in [0.25, 0.3) is 0 Å². The lowest BCUT2D eigenvalue weighted by atomic mass is 10.1. The number of hydrogen-bond donors (Lipinski definition) is 2. The Labute approximate surface area is 123 Å². The summed E-state index contributed by atoms with van der Waals surface area (Å²) in [5, 5.41) is 7.46. The van der Waals surface area contributed by atoms with Crippen LogP contribution in [0.5, 0.6) is 0 Å². The molecule has 3 aromatic rings. The van der Waals surface area contributed by atoms with E-state index in [1.165, 1.54) is 0 Å². The number of nitrogens with zero attached hydrogens (tertiary/aromatic N) is 3. The van der Waals surface area contributed by atoms with Crippen molar-refractivity contribution in [3.05, 3.63) is 53.9 Å². The summed E-state index contributed by atoms with van der Waals surface area (Å²) in [6, 6.07) is 10.2. The zero-order chi connectivity index (χ0) is 14.7. The molecule has 5 heteroatoms. The van der Waals surface area contributed by atoms with Crippen molar-refractivity contribution in [2.24, 2.45) is 0 Å². The highest BCUT2D eigenvalue weighted by Gasteiger charge is 2.05. The van der Waals surface area contributed by atoms with Crippen molar-refractivity contribution < 1.29 is 0 Å². The summed E-state index contributed by atoms with van der Waals surface area (Å²) in [5.41, 5.74) is 3.19. The molecule has 0 saturated heterocycles. The normalized spacial score (nSPS) is 10.6. The van der Waals surface area contributed by atoms with Gasteiger partial charge in [0, 0.05) is 36.9 Å². The molecule has 0 bridgehead atoms. The molecule has 0 spiro atoms. The van der Waals surface area contributed by atoms with E-state index in [1.807, 2.05) is 38.5 Å². The van der Waals surface area contributed by atoms with Crippen LogP contribution in [0.1, 0.15) is 11.1 Å². The minimum Gasteiger partial charge on any atom is -0.366 e. The van der Waals surface area contributed by atoms with Crippen LogP contribution in [0.4, 0.5) is 11.8 Å². The molecule has 0 aliphatic carbocycles. The average Bonchev–Trinajstić information content (AvgIpc) is 2.54. The van der Waals surface area contributed by atoms with Crippen LogP contribution in [0, 0.1) is 6.92 Å². The zero-order valence-electron chi connectivity index (χ0n) is 12.1. The molecular formula is C16H17N5. The Morgan fingerprint density at radius 3 is 2.81 bits per heavy atom. The first-order valence-corrected chi connectivity index (χ1v) is 6.86. The Balaban J connectivity index is 1.87. The van der Waals surface area contributed by atoms with E-state index in [9.17, 15) is 0 Å². The molecule has 106 valence electrons. The van der Waals surface area contributed by atoms with Gasteiger partial charge in [0.1, 0.15) is 5.82 Å². The molecule has 0 aliphatic rings. The van der Waals surface area contributed by atoms with Crippen molar-refractivity contribution in [1.82, 2.24) is 15.0 Å². The van der Waals surface area contributed by atoms with Crippen LogP contribution in [0.15, 0.2) is 42.7 Å². The van der Waals surface area contributed by atoms with Crippen LogP contribution in [-0.4, -0.2) is 22.0 Å². The maximum Gasteiger partial charge on any atom is 0.224 e. The zero-order valence-corrected chi connectivity index (χ0v) is 12.1. The molecule has 21 heavy (non-hydrogen) atoms. The van der Waals surface area contributed by atoms with Crippen molar-refractivity contribution in [2.75, 3.05) is 17.7 Å². The summed E-state index contributed by atoms with van der Waals surface area (Å²) in [6.45, 7) is 2.67. The highest BCUT2D eigenvalue weighted by atomic mass is 15.1. The average molecular weight is 279 g/mol. The molecule has 5 nitrogen and oxygen atoms in total. The highest BCUT2D eigenvalue weighted by Crippen LogP contribution is 2.18. The van der Waals surface area contributed by atoms with Crippen LogP contribution < -0.4 is 10.6 Å². The molecule has 0 aliphatic heterocycles. The number of aryl methyl sites for hydroxylation is 1. The first-order valence-electron chi connectivity index (χ1n) is 6.86. The predicted molar refractivity (Wildman–Crippen MR) is 85.4 cm³/mol. The summed E-state index contributed by atoms with van der Waals surface area (Å²) in [4.78, 5) is 13.1. The molecule has 2 heterocycles. The van der Waals surface area contributed by atoms with E-state index in [0.29, 0.717) is 12.5 Å². The number of anilines is 2. The number of hydrogen-bond acceptors (Lipinski definition) is 5. The number of rotatable bonds is 4. The number of aromatic nitrogens is 3. The van der Waals surface area contributed by atoms with E-state index < -0.39 is 0 Å². The van der Waals surface area contributed by atoms with Crippen molar-refractivity contribution in [3.8, 4) is 0 Å². The SMILES string of the molecule is CNc1ncc(C)c(NCc2cccc3cccnc23)n1. The lowest BCUT2D eigenvalue weighted by molar-refractivity contribution is 1.06. The standard InChI is InChI=1S/C16H17N5/c1-11-9-20-16(17-2)21-15(11)19-10-13-6-3-5-12-7-4-8-18-14(12)13/h3-9H,10H2,1-2H3,(H2,17,19,20,21). The Bertz CT molecular complexity index is 764. The lowest BCUT2D eigenvalue weighted by Crippen LogP contribution is -2.06. The van der Waals surface area contributed by atoms with Gasteiger partial charge in [0.2, 0.25) is 5.95 Å². The predicted octanol–water partition coefficient (Wildman–Crippen LogP) is 2.99. The third kappa shape index (κ3) is 2.76. The second-order valence-corrected chi connectivity index (χ2v) is 4.82. The van der Waals surface area contributed by atoms with Crippen molar-refractivity contribution >= 4 is 22.7 Å². The van der Waals surface area contributed by atoms with Gasteiger partial charge in [0.15, 0.2) is 0 Å². The van der Waals surface area contributed by atoms with Gasteiger partial charge in [-0.25, -0.2) is 4.98 Å². The lowest BCUT2D eigenvalue weighted by Gasteiger charge is -2.11. The molecule has 0 fully saturated rings. The molecule has 0 unspecified atom stereocenters. The summed E-state index contributed by atoms with van der Waals surface area (Å²) in [5.74, 6) is 1.45. The molecule has 0 radical (unpaired) electrons. The smallest absolute Gasteiger partial charge is 0.224 e. The summed E-state index contributed by atoms with van der Waals surface area (Å²) in [7, 11) is 1.81. The van der Waals surface area contributed by atoms with Crippen molar-refractivity contribution in [2.45, 2.75) is 13.5 Å². The monoisotopic (exact) mass is 279 g/mol. The van der Waals surface area contributed by atoms with Gasteiger partial charge < -0.3 is 10.6 Å². The largest absolute Gasteiger partial charge is 0.366 e. The molecule has 2 N–H and O–H groups in total. The maximum absolute atomic E-state index is 4.46. The number of para-hydroxylation sites is 1. The van der Waals surface area contributed by atoms with Gasteiger partial charge >= 0.3 is 0 Å². The van der Waals surface area contributed by atoms with Crippen LogP contribution in [0.25, 0.3) is 10.9 Å². The fraction of sp³-hybridized carbons (Fsp3) is 0.188. The molecular weight excluding hydrogens is 262 g/mol. The van der Waals surface area contributed by atoms with Gasteiger partial charge in [-0.1, -0.05) is 24.3 Å².